The molecule has 0 aliphatic heterocycles. The standard InChI is InChI=1S/C12H17NO/c1-10(8-12(2,13)9-14)11-6-4-3-5-7-11/h3-7,9-10H,8,13H2,1-2H3. The minimum atomic E-state index is -0.713. The highest BCUT2D eigenvalue weighted by atomic mass is 16.1. The summed E-state index contributed by atoms with van der Waals surface area (Å²) in [6.45, 7) is 3.85. The van der Waals surface area contributed by atoms with E-state index < -0.39 is 5.54 Å². The van der Waals surface area contributed by atoms with Gasteiger partial charge >= 0.3 is 0 Å². The van der Waals surface area contributed by atoms with Crippen molar-refractivity contribution in [3.8, 4) is 0 Å². The summed E-state index contributed by atoms with van der Waals surface area (Å²) in [4.78, 5) is 10.7. The van der Waals surface area contributed by atoms with Gasteiger partial charge in [0.15, 0.2) is 0 Å². The average molecular weight is 191 g/mol. The summed E-state index contributed by atoms with van der Waals surface area (Å²) >= 11 is 0. The summed E-state index contributed by atoms with van der Waals surface area (Å²) in [5.41, 5.74) is 6.30. The Bertz CT molecular complexity index is 292. The zero-order valence-corrected chi connectivity index (χ0v) is 8.73. The lowest BCUT2D eigenvalue weighted by Crippen LogP contribution is -2.39. The Hall–Kier alpha value is -1.15. The van der Waals surface area contributed by atoms with Crippen molar-refractivity contribution >= 4 is 6.29 Å². The summed E-state index contributed by atoms with van der Waals surface area (Å²) in [5, 5.41) is 0. The SMILES string of the molecule is CC(CC(C)(N)C=O)c1ccccc1. The van der Waals surface area contributed by atoms with Crippen LogP contribution in [0.2, 0.25) is 0 Å². The minimum absolute atomic E-state index is 0.316. The van der Waals surface area contributed by atoms with Crippen LogP contribution >= 0.6 is 0 Å². The maximum atomic E-state index is 10.7. The molecule has 2 atom stereocenters. The van der Waals surface area contributed by atoms with Crippen LogP contribution in [0.3, 0.4) is 0 Å². The lowest BCUT2D eigenvalue weighted by molar-refractivity contribution is -0.112. The highest BCUT2D eigenvalue weighted by molar-refractivity contribution is 5.63. The summed E-state index contributed by atoms with van der Waals surface area (Å²) < 4.78 is 0. The number of benzene rings is 1. The van der Waals surface area contributed by atoms with Gasteiger partial charge in [0.2, 0.25) is 0 Å². The molecule has 0 radical (unpaired) electrons. The molecule has 0 spiro atoms. The number of hydrogen-bond donors (Lipinski definition) is 1. The second kappa shape index (κ2) is 4.38. The molecule has 0 bridgehead atoms. The molecule has 1 rings (SSSR count). The van der Waals surface area contributed by atoms with Gasteiger partial charge in [0.1, 0.15) is 6.29 Å². The molecule has 0 fully saturated rings. The van der Waals surface area contributed by atoms with Gasteiger partial charge in [0, 0.05) is 0 Å². The molecule has 0 aliphatic carbocycles. The number of hydrogen-bond acceptors (Lipinski definition) is 2. The van der Waals surface area contributed by atoms with Crippen molar-refractivity contribution < 1.29 is 4.79 Å². The van der Waals surface area contributed by atoms with E-state index in [4.69, 9.17) is 5.73 Å². The van der Waals surface area contributed by atoms with Crippen molar-refractivity contribution in [3.05, 3.63) is 35.9 Å². The molecule has 14 heavy (non-hydrogen) atoms. The summed E-state index contributed by atoms with van der Waals surface area (Å²) in [6, 6.07) is 10.1. The topological polar surface area (TPSA) is 43.1 Å². The Morgan fingerprint density at radius 1 is 1.43 bits per heavy atom. The quantitative estimate of drug-likeness (QED) is 0.740. The smallest absolute Gasteiger partial charge is 0.139 e. The largest absolute Gasteiger partial charge is 0.319 e. The molecular formula is C12H17NO. The third kappa shape index (κ3) is 2.96. The van der Waals surface area contributed by atoms with Crippen LogP contribution in [0.1, 0.15) is 31.7 Å². The normalized spacial score (nSPS) is 17.1. The Labute approximate surface area is 85.1 Å². The van der Waals surface area contributed by atoms with E-state index in [0.29, 0.717) is 12.3 Å². The van der Waals surface area contributed by atoms with Crippen LogP contribution < -0.4 is 5.73 Å². The molecule has 2 heteroatoms. The van der Waals surface area contributed by atoms with E-state index in [2.05, 4.69) is 19.1 Å². The van der Waals surface area contributed by atoms with Gasteiger partial charge in [0.05, 0.1) is 5.54 Å². The van der Waals surface area contributed by atoms with Crippen molar-refractivity contribution in [3.63, 3.8) is 0 Å². The van der Waals surface area contributed by atoms with E-state index in [-0.39, 0.29) is 0 Å². The molecule has 0 aliphatic rings. The van der Waals surface area contributed by atoms with Crippen LogP contribution in [-0.4, -0.2) is 11.8 Å². The van der Waals surface area contributed by atoms with E-state index in [1.165, 1.54) is 5.56 Å². The molecule has 76 valence electrons. The monoisotopic (exact) mass is 191 g/mol. The van der Waals surface area contributed by atoms with Gasteiger partial charge in [-0.2, -0.15) is 0 Å². The number of rotatable bonds is 4. The molecule has 2 N–H and O–H groups in total. The molecule has 0 saturated carbocycles. The van der Waals surface area contributed by atoms with E-state index in [9.17, 15) is 4.79 Å². The second-order valence-electron chi connectivity index (χ2n) is 4.14. The molecule has 2 nitrogen and oxygen atoms in total. The average Bonchev–Trinajstić information content (AvgIpc) is 2.19. The number of carbonyl (C=O) groups excluding carboxylic acids is 1. The van der Waals surface area contributed by atoms with Crippen LogP contribution in [0, 0.1) is 0 Å². The van der Waals surface area contributed by atoms with E-state index in [0.717, 1.165) is 6.29 Å². The van der Waals surface area contributed by atoms with E-state index >= 15 is 0 Å². The number of carbonyl (C=O) groups is 1. The Kier molecular flexibility index (Phi) is 3.42. The van der Waals surface area contributed by atoms with E-state index in [1.54, 1.807) is 6.92 Å². The fourth-order valence-corrected chi connectivity index (χ4v) is 1.61. The van der Waals surface area contributed by atoms with Gasteiger partial charge < -0.3 is 10.5 Å². The molecular weight excluding hydrogens is 174 g/mol. The molecule has 0 heterocycles. The van der Waals surface area contributed by atoms with Crippen molar-refractivity contribution in [1.29, 1.82) is 0 Å². The molecule has 2 unspecified atom stereocenters. The van der Waals surface area contributed by atoms with Gasteiger partial charge in [-0.05, 0) is 24.8 Å². The molecule has 1 aromatic carbocycles. The van der Waals surface area contributed by atoms with Crippen molar-refractivity contribution in [2.45, 2.75) is 31.7 Å². The summed E-state index contributed by atoms with van der Waals surface area (Å²) in [5.74, 6) is 0.316. The van der Waals surface area contributed by atoms with Crippen LogP contribution in [0.4, 0.5) is 0 Å². The minimum Gasteiger partial charge on any atom is -0.319 e. The van der Waals surface area contributed by atoms with Crippen molar-refractivity contribution in [2.75, 3.05) is 0 Å². The number of aldehydes is 1. The predicted molar refractivity (Wildman–Crippen MR) is 58.1 cm³/mol. The van der Waals surface area contributed by atoms with Crippen LogP contribution in [-0.2, 0) is 4.79 Å². The van der Waals surface area contributed by atoms with Gasteiger partial charge in [-0.3, -0.25) is 0 Å². The van der Waals surface area contributed by atoms with Gasteiger partial charge in [-0.15, -0.1) is 0 Å². The van der Waals surface area contributed by atoms with Gasteiger partial charge in [0.25, 0.3) is 0 Å². The Balaban J connectivity index is 2.68. The van der Waals surface area contributed by atoms with Gasteiger partial charge in [-0.25, -0.2) is 0 Å². The Morgan fingerprint density at radius 2 is 2.00 bits per heavy atom. The molecule has 0 amide bonds. The first-order chi connectivity index (χ1) is 6.55. The zero-order chi connectivity index (χ0) is 10.6. The third-order valence-corrected chi connectivity index (χ3v) is 2.38. The lowest BCUT2D eigenvalue weighted by atomic mass is 9.87. The van der Waals surface area contributed by atoms with Crippen molar-refractivity contribution in [1.82, 2.24) is 0 Å². The summed E-state index contributed by atoms with van der Waals surface area (Å²) in [6.07, 6.45) is 1.51. The van der Waals surface area contributed by atoms with E-state index in [1.807, 2.05) is 18.2 Å². The van der Waals surface area contributed by atoms with Crippen LogP contribution in [0.25, 0.3) is 0 Å². The summed E-state index contributed by atoms with van der Waals surface area (Å²) in [7, 11) is 0. The van der Waals surface area contributed by atoms with Crippen molar-refractivity contribution in [2.24, 2.45) is 5.73 Å². The Morgan fingerprint density at radius 3 is 2.50 bits per heavy atom. The third-order valence-electron chi connectivity index (χ3n) is 2.38. The predicted octanol–water partition coefficient (Wildman–Crippen LogP) is 2.10. The molecule has 0 aromatic heterocycles. The molecule has 1 aromatic rings. The second-order valence-corrected chi connectivity index (χ2v) is 4.14. The maximum absolute atomic E-state index is 10.7. The maximum Gasteiger partial charge on any atom is 0.139 e. The van der Waals surface area contributed by atoms with Gasteiger partial charge in [-0.1, -0.05) is 37.3 Å². The lowest BCUT2D eigenvalue weighted by Gasteiger charge is -2.22. The first-order valence-electron chi connectivity index (χ1n) is 4.85. The fraction of sp³-hybridized carbons (Fsp3) is 0.417. The van der Waals surface area contributed by atoms with Crippen LogP contribution in [0.15, 0.2) is 30.3 Å². The fourth-order valence-electron chi connectivity index (χ4n) is 1.61. The highest BCUT2D eigenvalue weighted by Crippen LogP contribution is 2.22. The van der Waals surface area contributed by atoms with Crippen LogP contribution in [0.5, 0.6) is 0 Å². The first-order valence-corrected chi connectivity index (χ1v) is 4.85. The zero-order valence-electron chi connectivity index (χ0n) is 8.73. The number of nitrogens with two attached hydrogens (primary N) is 1. The first kappa shape index (κ1) is 10.9. The molecule has 0 saturated heterocycles. The highest BCUT2D eigenvalue weighted by Gasteiger charge is 2.21.